The van der Waals surface area contributed by atoms with E-state index in [0.29, 0.717) is 0 Å². The van der Waals surface area contributed by atoms with Gasteiger partial charge in [0, 0.05) is 12.4 Å². The van der Waals surface area contributed by atoms with Gasteiger partial charge in [0.2, 0.25) is 0 Å². The Bertz CT molecular complexity index is 252. The fourth-order valence-corrected chi connectivity index (χ4v) is 2.20. The van der Waals surface area contributed by atoms with Crippen molar-refractivity contribution in [1.29, 1.82) is 0 Å². The van der Waals surface area contributed by atoms with E-state index < -0.39 is 0 Å². The van der Waals surface area contributed by atoms with Gasteiger partial charge < -0.3 is 10.7 Å². The van der Waals surface area contributed by atoms with Crippen molar-refractivity contribution in [1.82, 2.24) is 4.98 Å². The summed E-state index contributed by atoms with van der Waals surface area (Å²) in [5.41, 5.74) is 8.61. The van der Waals surface area contributed by atoms with Gasteiger partial charge in [-0.25, -0.2) is 0 Å². The Morgan fingerprint density at radius 3 is 3.25 bits per heavy atom. The number of nitrogens with one attached hydrogen (secondary N) is 1. The molecule has 0 fully saturated rings. The molecule has 1 aliphatic carbocycles. The second-order valence-electron chi connectivity index (χ2n) is 3.60. The van der Waals surface area contributed by atoms with Gasteiger partial charge in [0.15, 0.2) is 0 Å². The van der Waals surface area contributed by atoms with E-state index in [4.69, 9.17) is 5.73 Å². The minimum atomic E-state index is 0.727. The lowest BCUT2D eigenvalue weighted by molar-refractivity contribution is 0.528. The molecule has 1 unspecified atom stereocenters. The average molecular weight is 164 g/mol. The Hall–Kier alpha value is -0.760. The summed E-state index contributed by atoms with van der Waals surface area (Å²) in [6.45, 7) is 0.815. The van der Waals surface area contributed by atoms with Crippen LogP contribution in [0.15, 0.2) is 12.4 Å². The zero-order valence-electron chi connectivity index (χ0n) is 7.34. The molecule has 1 heterocycles. The van der Waals surface area contributed by atoms with E-state index in [1.807, 2.05) is 0 Å². The Kier molecular flexibility index (Phi) is 2.17. The third-order valence-corrected chi connectivity index (χ3v) is 2.82. The Morgan fingerprint density at radius 2 is 2.42 bits per heavy atom. The van der Waals surface area contributed by atoms with Crippen molar-refractivity contribution in [2.45, 2.75) is 31.6 Å². The fraction of sp³-hybridized carbons (Fsp3) is 0.600. The molecule has 1 aliphatic rings. The molecular weight excluding hydrogens is 148 g/mol. The van der Waals surface area contributed by atoms with Crippen LogP contribution in [-0.4, -0.2) is 11.5 Å². The zero-order chi connectivity index (χ0) is 8.39. The summed E-state index contributed by atoms with van der Waals surface area (Å²) in [5, 5.41) is 0. The van der Waals surface area contributed by atoms with Gasteiger partial charge in [-0.2, -0.15) is 0 Å². The van der Waals surface area contributed by atoms with E-state index in [1.54, 1.807) is 0 Å². The van der Waals surface area contributed by atoms with Crippen molar-refractivity contribution < 1.29 is 0 Å². The van der Waals surface area contributed by atoms with E-state index >= 15 is 0 Å². The topological polar surface area (TPSA) is 41.8 Å². The first-order valence-corrected chi connectivity index (χ1v) is 4.77. The quantitative estimate of drug-likeness (QED) is 0.687. The maximum absolute atomic E-state index is 5.58. The second-order valence-corrected chi connectivity index (χ2v) is 3.60. The first kappa shape index (κ1) is 7.87. The Morgan fingerprint density at radius 1 is 1.50 bits per heavy atom. The first-order valence-electron chi connectivity index (χ1n) is 4.77. The summed E-state index contributed by atoms with van der Waals surface area (Å²) in [5.74, 6) is 0.727. The lowest BCUT2D eigenvalue weighted by atomic mass is 9.84. The molecule has 12 heavy (non-hydrogen) atoms. The molecule has 1 atom stereocenters. The standard InChI is InChI=1S/C10H16N2/c11-5-4-8-2-1-3-9-6-12-7-10(8)9/h6-8,12H,1-5,11H2. The minimum absolute atomic E-state index is 0.727. The van der Waals surface area contributed by atoms with Crippen LogP contribution in [0.4, 0.5) is 0 Å². The number of nitrogens with two attached hydrogens (primary N) is 1. The zero-order valence-corrected chi connectivity index (χ0v) is 7.34. The smallest absolute Gasteiger partial charge is 0.00430 e. The maximum Gasteiger partial charge on any atom is 0.00430 e. The number of aromatic amines is 1. The summed E-state index contributed by atoms with van der Waals surface area (Å²) in [7, 11) is 0. The van der Waals surface area contributed by atoms with Crippen LogP contribution >= 0.6 is 0 Å². The van der Waals surface area contributed by atoms with E-state index in [9.17, 15) is 0 Å². The molecule has 0 amide bonds. The van der Waals surface area contributed by atoms with E-state index in [1.165, 1.54) is 30.4 Å². The fourth-order valence-electron chi connectivity index (χ4n) is 2.20. The summed E-state index contributed by atoms with van der Waals surface area (Å²) >= 11 is 0. The van der Waals surface area contributed by atoms with Crippen LogP contribution in [-0.2, 0) is 6.42 Å². The highest BCUT2D eigenvalue weighted by atomic mass is 14.6. The van der Waals surface area contributed by atoms with Crippen LogP contribution in [0.1, 0.15) is 36.3 Å². The van der Waals surface area contributed by atoms with Gasteiger partial charge >= 0.3 is 0 Å². The summed E-state index contributed by atoms with van der Waals surface area (Å²) in [4.78, 5) is 3.19. The molecule has 0 saturated heterocycles. The normalized spacial score (nSPS) is 22.2. The van der Waals surface area contributed by atoms with Crippen molar-refractivity contribution in [2.75, 3.05) is 6.54 Å². The number of aryl methyl sites for hydroxylation is 1. The number of aromatic nitrogens is 1. The monoisotopic (exact) mass is 164 g/mol. The van der Waals surface area contributed by atoms with Crippen LogP contribution in [0, 0.1) is 0 Å². The lowest BCUT2D eigenvalue weighted by Crippen LogP contribution is -2.12. The van der Waals surface area contributed by atoms with E-state index in [-0.39, 0.29) is 0 Å². The first-order chi connectivity index (χ1) is 5.92. The van der Waals surface area contributed by atoms with Crippen molar-refractivity contribution in [3.8, 4) is 0 Å². The average Bonchev–Trinajstić information content (AvgIpc) is 2.53. The van der Waals surface area contributed by atoms with Crippen LogP contribution < -0.4 is 5.73 Å². The van der Waals surface area contributed by atoms with E-state index in [2.05, 4.69) is 17.4 Å². The predicted molar refractivity (Wildman–Crippen MR) is 50.1 cm³/mol. The van der Waals surface area contributed by atoms with Gasteiger partial charge in [-0.15, -0.1) is 0 Å². The van der Waals surface area contributed by atoms with Gasteiger partial charge in [-0.1, -0.05) is 0 Å². The molecule has 0 saturated carbocycles. The Labute approximate surface area is 73.2 Å². The lowest BCUT2D eigenvalue weighted by Gasteiger charge is -2.21. The predicted octanol–water partition coefficient (Wildman–Crippen LogP) is 1.78. The molecule has 2 rings (SSSR count). The van der Waals surface area contributed by atoms with Gasteiger partial charge in [0.1, 0.15) is 0 Å². The van der Waals surface area contributed by atoms with Crippen molar-refractivity contribution in [2.24, 2.45) is 5.73 Å². The Balaban J connectivity index is 2.19. The third kappa shape index (κ3) is 1.27. The highest BCUT2D eigenvalue weighted by Crippen LogP contribution is 2.33. The summed E-state index contributed by atoms with van der Waals surface area (Å²) in [6, 6.07) is 0. The second kappa shape index (κ2) is 3.31. The van der Waals surface area contributed by atoms with Crippen molar-refractivity contribution in [3.05, 3.63) is 23.5 Å². The maximum atomic E-state index is 5.58. The molecule has 0 bridgehead atoms. The number of rotatable bonds is 2. The number of fused-ring (bicyclic) bond motifs is 1. The number of hydrogen-bond donors (Lipinski definition) is 2. The number of H-pyrrole nitrogens is 1. The molecule has 0 aromatic carbocycles. The van der Waals surface area contributed by atoms with Gasteiger partial charge in [0.25, 0.3) is 0 Å². The molecule has 2 nitrogen and oxygen atoms in total. The molecule has 0 spiro atoms. The molecule has 1 aromatic rings. The van der Waals surface area contributed by atoms with Gasteiger partial charge in [-0.3, -0.25) is 0 Å². The molecule has 3 N–H and O–H groups in total. The van der Waals surface area contributed by atoms with Crippen LogP contribution in [0.3, 0.4) is 0 Å². The summed E-state index contributed by atoms with van der Waals surface area (Å²) in [6.07, 6.45) is 9.33. The molecule has 2 heteroatoms. The minimum Gasteiger partial charge on any atom is -0.367 e. The van der Waals surface area contributed by atoms with Crippen molar-refractivity contribution >= 4 is 0 Å². The highest BCUT2D eigenvalue weighted by molar-refractivity contribution is 5.29. The molecular formula is C10H16N2. The molecule has 0 aliphatic heterocycles. The largest absolute Gasteiger partial charge is 0.367 e. The molecule has 0 radical (unpaired) electrons. The van der Waals surface area contributed by atoms with Gasteiger partial charge in [0.05, 0.1) is 0 Å². The SMILES string of the molecule is NCCC1CCCc2c[nH]cc21. The third-order valence-electron chi connectivity index (χ3n) is 2.82. The van der Waals surface area contributed by atoms with E-state index in [0.717, 1.165) is 18.9 Å². The van der Waals surface area contributed by atoms with Gasteiger partial charge in [-0.05, 0) is 49.3 Å². The molecule has 1 aromatic heterocycles. The molecule has 66 valence electrons. The van der Waals surface area contributed by atoms with Crippen LogP contribution in [0.2, 0.25) is 0 Å². The van der Waals surface area contributed by atoms with Crippen molar-refractivity contribution in [3.63, 3.8) is 0 Å². The summed E-state index contributed by atoms with van der Waals surface area (Å²) < 4.78 is 0. The van der Waals surface area contributed by atoms with Crippen LogP contribution in [0.5, 0.6) is 0 Å². The number of hydrogen-bond acceptors (Lipinski definition) is 1. The van der Waals surface area contributed by atoms with Crippen LogP contribution in [0.25, 0.3) is 0 Å². The highest BCUT2D eigenvalue weighted by Gasteiger charge is 2.19.